The standard InChI is InChI=1S/C9H9N5.C3H6N6/c10-8-12-7(13-9(11)14-8)6-4-2-1-3-5-6;4-1-7-2(5)9-3(6)8-1/h1-5H,(H4,10,11,12,13,14);(H6,4,5,6,7,8,9). The van der Waals surface area contributed by atoms with Crippen molar-refractivity contribution in [1.82, 2.24) is 29.9 Å². The molecule has 118 valence electrons. The van der Waals surface area contributed by atoms with Crippen LogP contribution < -0.4 is 28.7 Å². The van der Waals surface area contributed by atoms with Crippen LogP contribution in [0.3, 0.4) is 0 Å². The molecule has 0 amide bonds. The van der Waals surface area contributed by atoms with Crippen LogP contribution >= 0.6 is 0 Å². The van der Waals surface area contributed by atoms with E-state index in [2.05, 4.69) is 29.9 Å². The number of nitrogens with zero attached hydrogens (tertiary/aromatic N) is 6. The molecule has 0 saturated heterocycles. The van der Waals surface area contributed by atoms with E-state index in [4.69, 9.17) is 28.7 Å². The van der Waals surface area contributed by atoms with Gasteiger partial charge in [-0.05, 0) is 0 Å². The maximum atomic E-state index is 5.45. The summed E-state index contributed by atoms with van der Waals surface area (Å²) in [6, 6.07) is 9.47. The molecule has 2 heterocycles. The molecule has 10 N–H and O–H groups in total. The lowest BCUT2D eigenvalue weighted by Crippen LogP contribution is -2.05. The van der Waals surface area contributed by atoms with Crippen LogP contribution in [0.25, 0.3) is 11.4 Å². The highest BCUT2D eigenvalue weighted by Crippen LogP contribution is 2.14. The van der Waals surface area contributed by atoms with Gasteiger partial charge in [-0.1, -0.05) is 30.3 Å². The van der Waals surface area contributed by atoms with Crippen LogP contribution in [-0.4, -0.2) is 29.9 Å². The van der Waals surface area contributed by atoms with E-state index in [1.165, 1.54) is 0 Å². The fraction of sp³-hybridized carbons (Fsp3) is 0. The van der Waals surface area contributed by atoms with Crippen LogP contribution in [0.2, 0.25) is 0 Å². The van der Waals surface area contributed by atoms with Crippen molar-refractivity contribution in [3.8, 4) is 11.4 Å². The first-order chi connectivity index (χ1) is 10.9. The normalized spacial score (nSPS) is 9.74. The van der Waals surface area contributed by atoms with E-state index < -0.39 is 0 Å². The molecule has 0 aliphatic carbocycles. The number of benzene rings is 1. The Kier molecular flexibility index (Phi) is 4.62. The average molecular weight is 313 g/mol. The molecule has 1 aromatic carbocycles. The smallest absolute Gasteiger partial charge is 0.226 e. The van der Waals surface area contributed by atoms with E-state index in [-0.39, 0.29) is 29.7 Å². The Balaban J connectivity index is 0.000000185. The highest BCUT2D eigenvalue weighted by atomic mass is 15.2. The molecule has 3 aromatic rings. The largest absolute Gasteiger partial charge is 0.368 e. The molecule has 3 rings (SSSR count). The first kappa shape index (κ1) is 15.6. The van der Waals surface area contributed by atoms with Gasteiger partial charge in [0.25, 0.3) is 0 Å². The van der Waals surface area contributed by atoms with Crippen molar-refractivity contribution < 1.29 is 0 Å². The minimum absolute atomic E-state index is 0.0417. The fourth-order valence-corrected chi connectivity index (χ4v) is 1.55. The number of hydrogen-bond donors (Lipinski definition) is 5. The zero-order valence-corrected chi connectivity index (χ0v) is 12.0. The number of aromatic nitrogens is 6. The molecule has 0 unspecified atom stereocenters. The van der Waals surface area contributed by atoms with Gasteiger partial charge >= 0.3 is 0 Å². The maximum Gasteiger partial charge on any atom is 0.226 e. The van der Waals surface area contributed by atoms with Crippen LogP contribution in [0, 0.1) is 0 Å². The lowest BCUT2D eigenvalue weighted by Gasteiger charge is -2.00. The summed E-state index contributed by atoms with van der Waals surface area (Å²) in [6.07, 6.45) is 0. The lowest BCUT2D eigenvalue weighted by molar-refractivity contribution is 1.09. The fourth-order valence-electron chi connectivity index (χ4n) is 1.55. The molecule has 0 saturated carbocycles. The zero-order valence-electron chi connectivity index (χ0n) is 12.0. The second kappa shape index (κ2) is 6.80. The van der Waals surface area contributed by atoms with Gasteiger partial charge in [0.2, 0.25) is 29.7 Å². The van der Waals surface area contributed by atoms with E-state index in [1.807, 2.05) is 30.3 Å². The third-order valence-electron chi connectivity index (χ3n) is 2.39. The number of nitrogens with two attached hydrogens (primary N) is 5. The lowest BCUT2D eigenvalue weighted by atomic mass is 10.2. The Morgan fingerprint density at radius 1 is 0.478 bits per heavy atom. The van der Waals surface area contributed by atoms with Crippen molar-refractivity contribution in [3.05, 3.63) is 30.3 Å². The summed E-state index contributed by atoms with van der Waals surface area (Å²) in [6.45, 7) is 0. The number of hydrogen-bond acceptors (Lipinski definition) is 11. The highest BCUT2D eigenvalue weighted by Gasteiger charge is 2.03. The molecule has 0 bridgehead atoms. The number of rotatable bonds is 1. The molecular weight excluding hydrogens is 298 g/mol. The Morgan fingerprint density at radius 2 is 0.826 bits per heavy atom. The van der Waals surface area contributed by atoms with Crippen molar-refractivity contribution in [3.63, 3.8) is 0 Å². The molecule has 0 radical (unpaired) electrons. The van der Waals surface area contributed by atoms with Crippen LogP contribution in [-0.2, 0) is 0 Å². The molecule has 0 spiro atoms. The maximum absolute atomic E-state index is 5.45. The first-order valence-electron chi connectivity index (χ1n) is 6.29. The quantitative estimate of drug-likeness (QED) is 0.380. The van der Waals surface area contributed by atoms with E-state index >= 15 is 0 Å². The van der Waals surface area contributed by atoms with Gasteiger partial charge in [-0.2, -0.15) is 29.9 Å². The average Bonchev–Trinajstić information content (AvgIpc) is 2.46. The third kappa shape index (κ3) is 4.63. The first-order valence-corrected chi connectivity index (χ1v) is 6.29. The van der Waals surface area contributed by atoms with Crippen LogP contribution in [0.5, 0.6) is 0 Å². The minimum atomic E-state index is 0.0417. The summed E-state index contributed by atoms with van der Waals surface area (Å²) in [7, 11) is 0. The van der Waals surface area contributed by atoms with E-state index in [9.17, 15) is 0 Å². The van der Waals surface area contributed by atoms with Gasteiger partial charge in [-0.3, -0.25) is 0 Å². The van der Waals surface area contributed by atoms with Crippen molar-refractivity contribution >= 4 is 29.7 Å². The molecule has 2 aromatic heterocycles. The minimum Gasteiger partial charge on any atom is -0.368 e. The summed E-state index contributed by atoms with van der Waals surface area (Å²) in [4.78, 5) is 22.1. The molecule has 0 aliphatic heterocycles. The Labute approximate surface area is 131 Å². The van der Waals surface area contributed by atoms with Crippen molar-refractivity contribution in [2.24, 2.45) is 0 Å². The molecule has 11 heteroatoms. The van der Waals surface area contributed by atoms with E-state index in [0.29, 0.717) is 5.82 Å². The molecule has 0 atom stereocenters. The molecule has 0 fully saturated rings. The monoisotopic (exact) mass is 313 g/mol. The Hall–Kier alpha value is -3.76. The van der Waals surface area contributed by atoms with Crippen molar-refractivity contribution in [1.29, 1.82) is 0 Å². The van der Waals surface area contributed by atoms with Gasteiger partial charge in [0.1, 0.15) is 0 Å². The van der Waals surface area contributed by atoms with Crippen molar-refractivity contribution in [2.75, 3.05) is 28.7 Å². The second-order valence-electron chi connectivity index (χ2n) is 4.15. The SMILES string of the molecule is Nc1nc(N)nc(-c2ccccc2)n1.Nc1nc(N)nc(N)n1. The van der Waals surface area contributed by atoms with Gasteiger partial charge in [-0.15, -0.1) is 0 Å². The molecule has 11 nitrogen and oxygen atoms in total. The Morgan fingerprint density at radius 3 is 1.22 bits per heavy atom. The molecular formula is C12H15N11. The predicted octanol–water partition coefficient (Wildman–Crippen LogP) is -0.679. The molecule has 23 heavy (non-hydrogen) atoms. The third-order valence-corrected chi connectivity index (χ3v) is 2.39. The van der Waals surface area contributed by atoms with Gasteiger partial charge in [-0.25, -0.2) is 0 Å². The summed E-state index contributed by atoms with van der Waals surface area (Å²) in [5, 5.41) is 0. The highest BCUT2D eigenvalue weighted by molar-refractivity contribution is 5.56. The topological polar surface area (TPSA) is 207 Å². The summed E-state index contributed by atoms with van der Waals surface area (Å²) in [5.41, 5.74) is 27.2. The van der Waals surface area contributed by atoms with Gasteiger partial charge in [0.15, 0.2) is 5.82 Å². The van der Waals surface area contributed by atoms with Crippen LogP contribution in [0.4, 0.5) is 29.7 Å². The zero-order chi connectivity index (χ0) is 16.8. The Bertz CT molecular complexity index is 720. The second-order valence-corrected chi connectivity index (χ2v) is 4.15. The van der Waals surface area contributed by atoms with E-state index in [0.717, 1.165) is 5.56 Å². The summed E-state index contributed by atoms with van der Waals surface area (Å²) >= 11 is 0. The van der Waals surface area contributed by atoms with Crippen LogP contribution in [0.15, 0.2) is 30.3 Å². The van der Waals surface area contributed by atoms with Gasteiger partial charge in [0, 0.05) is 5.56 Å². The van der Waals surface area contributed by atoms with Gasteiger partial charge < -0.3 is 28.7 Å². The molecule has 0 aliphatic rings. The van der Waals surface area contributed by atoms with E-state index in [1.54, 1.807) is 0 Å². The predicted molar refractivity (Wildman–Crippen MR) is 87.2 cm³/mol. The van der Waals surface area contributed by atoms with Crippen LogP contribution in [0.1, 0.15) is 0 Å². The summed E-state index contributed by atoms with van der Waals surface area (Å²) < 4.78 is 0. The number of anilines is 5. The summed E-state index contributed by atoms with van der Waals surface area (Å²) in [5.74, 6) is 0.892. The van der Waals surface area contributed by atoms with Crippen molar-refractivity contribution in [2.45, 2.75) is 0 Å². The number of nitrogen functional groups attached to an aromatic ring is 5. The van der Waals surface area contributed by atoms with Gasteiger partial charge in [0.05, 0.1) is 0 Å².